The van der Waals surface area contributed by atoms with Crippen LogP contribution >= 0.6 is 0 Å². The van der Waals surface area contributed by atoms with E-state index in [9.17, 15) is 0 Å². The van der Waals surface area contributed by atoms with Gasteiger partial charge in [0.25, 0.3) is 0 Å². The Bertz CT molecular complexity index is 198. The normalized spacial score (nSPS) is 9.67. The van der Waals surface area contributed by atoms with E-state index in [1.54, 1.807) is 6.33 Å². The second-order valence-electron chi connectivity index (χ2n) is 2.17. The van der Waals surface area contributed by atoms with E-state index in [4.69, 9.17) is 0 Å². The molecule has 1 heterocycles. The molecule has 0 N–H and O–H groups in total. The molecule has 1 rings (SSSR count). The fourth-order valence-corrected chi connectivity index (χ4v) is 0.658. The predicted octanol–water partition coefficient (Wildman–Crippen LogP) is 1.40. The van der Waals surface area contributed by atoms with Gasteiger partial charge in [-0.2, -0.15) is 0 Å². The molecule has 0 fully saturated rings. The smallest absolute Gasteiger partial charge is 0.115 e. The Balaban J connectivity index is 3.25. The van der Waals surface area contributed by atoms with Crippen molar-refractivity contribution in [2.24, 2.45) is 0 Å². The third-order valence-corrected chi connectivity index (χ3v) is 1.59. The maximum Gasteiger partial charge on any atom is 0.115 e. The van der Waals surface area contributed by atoms with Crippen LogP contribution in [0.1, 0.15) is 17.0 Å². The lowest BCUT2D eigenvalue weighted by Gasteiger charge is -1.98. The fraction of sp³-hybridized carbons (Fsp3) is 0.429. The van der Waals surface area contributed by atoms with E-state index in [-0.39, 0.29) is 0 Å². The van der Waals surface area contributed by atoms with Gasteiger partial charge < -0.3 is 0 Å². The predicted molar refractivity (Wildman–Crippen MR) is 36.2 cm³/mol. The molecule has 0 radical (unpaired) electrons. The minimum Gasteiger partial charge on any atom is -0.241 e. The highest BCUT2D eigenvalue weighted by molar-refractivity contribution is 5.19. The summed E-state index contributed by atoms with van der Waals surface area (Å²) >= 11 is 0. The second kappa shape index (κ2) is 2.13. The van der Waals surface area contributed by atoms with E-state index in [1.165, 1.54) is 5.56 Å². The van der Waals surface area contributed by atoms with E-state index in [2.05, 4.69) is 9.97 Å². The van der Waals surface area contributed by atoms with Crippen LogP contribution in [0, 0.1) is 20.8 Å². The summed E-state index contributed by atoms with van der Waals surface area (Å²) in [6, 6.07) is 0. The summed E-state index contributed by atoms with van der Waals surface area (Å²) in [6.45, 7) is 6.01. The van der Waals surface area contributed by atoms with E-state index in [0.717, 1.165) is 11.4 Å². The molecule has 0 aliphatic heterocycles. The summed E-state index contributed by atoms with van der Waals surface area (Å²) in [5.41, 5.74) is 3.34. The molecule has 9 heavy (non-hydrogen) atoms. The summed E-state index contributed by atoms with van der Waals surface area (Å²) in [4.78, 5) is 8.06. The number of nitrogens with zero attached hydrogens (tertiary/aromatic N) is 2. The first-order valence-corrected chi connectivity index (χ1v) is 2.96. The molecule has 48 valence electrons. The van der Waals surface area contributed by atoms with Gasteiger partial charge in [0.05, 0.1) is 0 Å². The number of hydrogen-bond donors (Lipinski definition) is 0. The SMILES string of the molecule is Cc1ncnc(C)c1C. The highest BCUT2D eigenvalue weighted by atomic mass is 14.8. The van der Waals surface area contributed by atoms with E-state index in [0.29, 0.717) is 0 Å². The monoisotopic (exact) mass is 122 g/mol. The van der Waals surface area contributed by atoms with Gasteiger partial charge >= 0.3 is 0 Å². The van der Waals surface area contributed by atoms with Gasteiger partial charge in [-0.15, -0.1) is 0 Å². The summed E-state index contributed by atoms with van der Waals surface area (Å²) in [7, 11) is 0. The zero-order valence-corrected chi connectivity index (χ0v) is 5.97. The Labute approximate surface area is 55.0 Å². The fourth-order valence-electron chi connectivity index (χ4n) is 0.658. The lowest BCUT2D eigenvalue weighted by atomic mass is 10.2. The number of aryl methyl sites for hydroxylation is 2. The van der Waals surface area contributed by atoms with Crippen LogP contribution < -0.4 is 0 Å². The van der Waals surface area contributed by atoms with Crippen molar-refractivity contribution in [3.8, 4) is 0 Å². The summed E-state index contributed by atoms with van der Waals surface area (Å²) in [5.74, 6) is 0. The first-order chi connectivity index (χ1) is 4.22. The highest BCUT2D eigenvalue weighted by Gasteiger charge is 1.94. The largest absolute Gasteiger partial charge is 0.241 e. The Morgan fingerprint density at radius 3 is 1.78 bits per heavy atom. The lowest BCUT2D eigenvalue weighted by Crippen LogP contribution is -1.92. The molecule has 2 nitrogen and oxygen atoms in total. The Morgan fingerprint density at radius 2 is 1.44 bits per heavy atom. The van der Waals surface area contributed by atoms with Crippen LogP contribution in [-0.2, 0) is 0 Å². The topological polar surface area (TPSA) is 25.8 Å². The van der Waals surface area contributed by atoms with Crippen molar-refractivity contribution in [1.29, 1.82) is 0 Å². The van der Waals surface area contributed by atoms with Gasteiger partial charge in [0, 0.05) is 11.4 Å². The standard InChI is InChI=1S/C7H10N2/c1-5-6(2)8-4-9-7(5)3/h4H,1-3H3. The van der Waals surface area contributed by atoms with E-state index < -0.39 is 0 Å². The third-order valence-electron chi connectivity index (χ3n) is 1.59. The molecular formula is C7H10N2. The van der Waals surface area contributed by atoms with Crippen molar-refractivity contribution < 1.29 is 0 Å². The lowest BCUT2D eigenvalue weighted by molar-refractivity contribution is 1.01. The zero-order chi connectivity index (χ0) is 6.85. The van der Waals surface area contributed by atoms with Gasteiger partial charge in [-0.3, -0.25) is 0 Å². The van der Waals surface area contributed by atoms with Crippen molar-refractivity contribution in [3.63, 3.8) is 0 Å². The van der Waals surface area contributed by atoms with Crippen LogP contribution in [0.4, 0.5) is 0 Å². The molecule has 0 saturated carbocycles. The molecule has 1 aromatic heterocycles. The Hall–Kier alpha value is -0.920. The number of rotatable bonds is 0. The van der Waals surface area contributed by atoms with Crippen LogP contribution in [0.2, 0.25) is 0 Å². The van der Waals surface area contributed by atoms with Gasteiger partial charge in [-0.25, -0.2) is 9.97 Å². The molecule has 0 bridgehead atoms. The molecule has 0 atom stereocenters. The molecule has 1 aromatic rings. The zero-order valence-electron chi connectivity index (χ0n) is 5.97. The molecule has 0 saturated heterocycles. The van der Waals surface area contributed by atoms with Crippen molar-refractivity contribution >= 4 is 0 Å². The molecule has 0 amide bonds. The minimum atomic E-state index is 1.07. The quantitative estimate of drug-likeness (QED) is 0.519. The number of aromatic nitrogens is 2. The molecule has 0 aliphatic rings. The summed E-state index contributed by atoms with van der Waals surface area (Å²) < 4.78 is 0. The number of hydrogen-bond acceptors (Lipinski definition) is 2. The second-order valence-corrected chi connectivity index (χ2v) is 2.17. The minimum absolute atomic E-state index is 1.07. The van der Waals surface area contributed by atoms with E-state index >= 15 is 0 Å². The molecule has 0 aliphatic carbocycles. The average Bonchev–Trinajstić information content (AvgIpc) is 1.83. The maximum atomic E-state index is 4.03. The molecular weight excluding hydrogens is 112 g/mol. The van der Waals surface area contributed by atoms with Crippen molar-refractivity contribution in [3.05, 3.63) is 23.3 Å². The summed E-state index contributed by atoms with van der Waals surface area (Å²) in [6.07, 6.45) is 1.59. The van der Waals surface area contributed by atoms with Crippen molar-refractivity contribution in [1.82, 2.24) is 9.97 Å². The van der Waals surface area contributed by atoms with Crippen molar-refractivity contribution in [2.45, 2.75) is 20.8 Å². The van der Waals surface area contributed by atoms with Gasteiger partial charge in [-0.05, 0) is 26.3 Å². The van der Waals surface area contributed by atoms with Gasteiger partial charge in [-0.1, -0.05) is 0 Å². The highest BCUT2D eigenvalue weighted by Crippen LogP contribution is 2.03. The van der Waals surface area contributed by atoms with Gasteiger partial charge in [0.1, 0.15) is 6.33 Å². The van der Waals surface area contributed by atoms with E-state index in [1.807, 2.05) is 20.8 Å². The molecule has 2 heteroatoms. The van der Waals surface area contributed by atoms with Crippen LogP contribution in [-0.4, -0.2) is 9.97 Å². The van der Waals surface area contributed by atoms with Crippen LogP contribution in [0.5, 0.6) is 0 Å². The third kappa shape index (κ3) is 1.07. The molecule has 0 spiro atoms. The average molecular weight is 122 g/mol. The first kappa shape index (κ1) is 6.20. The Kier molecular flexibility index (Phi) is 1.47. The molecule has 0 aromatic carbocycles. The van der Waals surface area contributed by atoms with Gasteiger partial charge in [0.2, 0.25) is 0 Å². The first-order valence-electron chi connectivity index (χ1n) is 2.96. The van der Waals surface area contributed by atoms with Crippen LogP contribution in [0.25, 0.3) is 0 Å². The Morgan fingerprint density at radius 1 is 1.00 bits per heavy atom. The van der Waals surface area contributed by atoms with Crippen LogP contribution in [0.15, 0.2) is 6.33 Å². The van der Waals surface area contributed by atoms with Crippen molar-refractivity contribution in [2.75, 3.05) is 0 Å². The maximum absolute atomic E-state index is 4.03. The summed E-state index contributed by atoms with van der Waals surface area (Å²) in [5, 5.41) is 0. The molecule has 0 unspecified atom stereocenters. The van der Waals surface area contributed by atoms with Crippen LogP contribution in [0.3, 0.4) is 0 Å². The van der Waals surface area contributed by atoms with Gasteiger partial charge in [0.15, 0.2) is 0 Å².